The fraction of sp³-hybridized carbons (Fsp3) is 0.273. The summed E-state index contributed by atoms with van der Waals surface area (Å²) in [6.07, 6.45) is 0. The maximum atomic E-state index is 13.1. The standard InChI is InChI=1S/C11H10BrF2N3/c1-2-17-10(6-12)15-16-11(17)7-3-8(13)5-9(14)4-7/h3-5H,2,6H2,1H3. The lowest BCUT2D eigenvalue weighted by Gasteiger charge is -2.06. The average molecular weight is 302 g/mol. The molecule has 2 rings (SSSR count). The third-order valence-electron chi connectivity index (χ3n) is 2.38. The smallest absolute Gasteiger partial charge is 0.164 e. The Morgan fingerprint density at radius 2 is 1.82 bits per heavy atom. The summed E-state index contributed by atoms with van der Waals surface area (Å²) >= 11 is 3.29. The molecular formula is C11H10BrF2N3. The quantitative estimate of drug-likeness (QED) is 0.816. The molecule has 0 aliphatic rings. The van der Waals surface area contributed by atoms with E-state index in [0.29, 0.717) is 23.3 Å². The van der Waals surface area contributed by atoms with Gasteiger partial charge >= 0.3 is 0 Å². The van der Waals surface area contributed by atoms with E-state index in [4.69, 9.17) is 0 Å². The van der Waals surface area contributed by atoms with Crippen molar-refractivity contribution in [2.45, 2.75) is 18.8 Å². The maximum absolute atomic E-state index is 13.1. The van der Waals surface area contributed by atoms with Gasteiger partial charge in [-0.3, -0.25) is 0 Å². The van der Waals surface area contributed by atoms with Crippen molar-refractivity contribution in [1.29, 1.82) is 0 Å². The van der Waals surface area contributed by atoms with E-state index in [2.05, 4.69) is 26.1 Å². The van der Waals surface area contributed by atoms with Crippen LogP contribution < -0.4 is 0 Å². The van der Waals surface area contributed by atoms with Gasteiger partial charge in [0.2, 0.25) is 0 Å². The number of rotatable bonds is 3. The number of nitrogens with zero attached hydrogens (tertiary/aromatic N) is 3. The van der Waals surface area contributed by atoms with Gasteiger partial charge in [0.15, 0.2) is 5.82 Å². The minimum atomic E-state index is -0.619. The molecule has 0 amide bonds. The van der Waals surface area contributed by atoms with E-state index in [-0.39, 0.29) is 0 Å². The van der Waals surface area contributed by atoms with Crippen molar-refractivity contribution in [2.75, 3.05) is 0 Å². The molecule has 0 aliphatic heterocycles. The van der Waals surface area contributed by atoms with E-state index in [1.165, 1.54) is 12.1 Å². The molecule has 1 aromatic carbocycles. The summed E-state index contributed by atoms with van der Waals surface area (Å²) in [7, 11) is 0. The molecule has 6 heteroatoms. The van der Waals surface area contributed by atoms with Gasteiger partial charge in [0.05, 0.1) is 5.33 Å². The molecular weight excluding hydrogens is 292 g/mol. The van der Waals surface area contributed by atoms with Gasteiger partial charge in [0.25, 0.3) is 0 Å². The first-order valence-electron chi connectivity index (χ1n) is 5.10. The number of alkyl halides is 1. The van der Waals surface area contributed by atoms with Crippen LogP contribution in [-0.2, 0) is 11.9 Å². The fourth-order valence-corrected chi connectivity index (χ4v) is 2.08. The molecule has 0 saturated carbocycles. The predicted molar refractivity (Wildman–Crippen MR) is 63.7 cm³/mol. The monoisotopic (exact) mass is 301 g/mol. The van der Waals surface area contributed by atoms with Crippen LogP contribution in [0.25, 0.3) is 11.4 Å². The SMILES string of the molecule is CCn1c(CBr)nnc1-c1cc(F)cc(F)c1. The Hall–Kier alpha value is -1.30. The number of aromatic nitrogens is 3. The summed E-state index contributed by atoms with van der Waals surface area (Å²) < 4.78 is 28.1. The van der Waals surface area contributed by atoms with Gasteiger partial charge in [-0.25, -0.2) is 8.78 Å². The molecule has 0 atom stereocenters. The third-order valence-corrected chi connectivity index (χ3v) is 2.89. The number of hydrogen-bond donors (Lipinski definition) is 0. The van der Waals surface area contributed by atoms with Crippen molar-refractivity contribution in [1.82, 2.24) is 14.8 Å². The lowest BCUT2D eigenvalue weighted by atomic mass is 10.2. The van der Waals surface area contributed by atoms with E-state index in [0.717, 1.165) is 11.9 Å². The van der Waals surface area contributed by atoms with Gasteiger partial charge in [-0.2, -0.15) is 0 Å². The zero-order valence-electron chi connectivity index (χ0n) is 9.12. The zero-order chi connectivity index (χ0) is 12.4. The second kappa shape index (κ2) is 4.91. The Kier molecular flexibility index (Phi) is 3.51. The molecule has 3 nitrogen and oxygen atoms in total. The normalized spacial score (nSPS) is 10.8. The molecule has 0 unspecified atom stereocenters. The first-order chi connectivity index (χ1) is 8.15. The average Bonchev–Trinajstić information content (AvgIpc) is 2.70. The highest BCUT2D eigenvalue weighted by Gasteiger charge is 2.13. The van der Waals surface area contributed by atoms with Crippen LogP contribution in [0.15, 0.2) is 18.2 Å². The first-order valence-corrected chi connectivity index (χ1v) is 6.22. The highest BCUT2D eigenvalue weighted by atomic mass is 79.9. The molecule has 1 heterocycles. The Balaban J connectivity index is 2.55. The van der Waals surface area contributed by atoms with E-state index < -0.39 is 11.6 Å². The molecule has 2 aromatic rings. The lowest BCUT2D eigenvalue weighted by molar-refractivity contribution is 0.583. The van der Waals surface area contributed by atoms with Crippen LogP contribution in [0.3, 0.4) is 0 Å². The van der Waals surface area contributed by atoms with Gasteiger partial charge in [-0.1, -0.05) is 15.9 Å². The van der Waals surface area contributed by atoms with Crippen LogP contribution in [0.5, 0.6) is 0 Å². The van der Waals surface area contributed by atoms with E-state index in [1.807, 2.05) is 11.5 Å². The molecule has 0 N–H and O–H groups in total. The predicted octanol–water partition coefficient (Wildman–Crippen LogP) is 3.14. The van der Waals surface area contributed by atoms with E-state index >= 15 is 0 Å². The Morgan fingerprint density at radius 1 is 1.18 bits per heavy atom. The fourth-order valence-electron chi connectivity index (χ4n) is 1.66. The Morgan fingerprint density at radius 3 is 2.35 bits per heavy atom. The second-order valence-electron chi connectivity index (χ2n) is 3.48. The molecule has 17 heavy (non-hydrogen) atoms. The molecule has 0 saturated heterocycles. The molecule has 0 spiro atoms. The van der Waals surface area contributed by atoms with Crippen LogP contribution in [0.1, 0.15) is 12.7 Å². The molecule has 0 bridgehead atoms. The molecule has 0 radical (unpaired) electrons. The summed E-state index contributed by atoms with van der Waals surface area (Å²) in [5, 5.41) is 8.47. The van der Waals surface area contributed by atoms with Crippen LogP contribution in [0.2, 0.25) is 0 Å². The Labute approximate surface area is 106 Å². The highest BCUT2D eigenvalue weighted by Crippen LogP contribution is 2.21. The summed E-state index contributed by atoms with van der Waals surface area (Å²) in [6.45, 7) is 2.57. The number of hydrogen-bond acceptors (Lipinski definition) is 2. The van der Waals surface area contributed by atoms with Gasteiger partial charge in [0, 0.05) is 18.2 Å². The molecule has 1 aromatic heterocycles. The molecule has 0 fully saturated rings. The van der Waals surface area contributed by atoms with Crippen LogP contribution in [0.4, 0.5) is 8.78 Å². The third kappa shape index (κ3) is 2.36. The lowest BCUT2D eigenvalue weighted by Crippen LogP contribution is -2.02. The van der Waals surface area contributed by atoms with Crippen molar-refractivity contribution in [3.8, 4) is 11.4 Å². The Bertz CT molecular complexity index is 519. The highest BCUT2D eigenvalue weighted by molar-refractivity contribution is 9.08. The van der Waals surface area contributed by atoms with Gasteiger partial charge in [0.1, 0.15) is 17.5 Å². The van der Waals surface area contributed by atoms with Gasteiger partial charge < -0.3 is 4.57 Å². The van der Waals surface area contributed by atoms with Crippen molar-refractivity contribution >= 4 is 15.9 Å². The van der Waals surface area contributed by atoms with Gasteiger partial charge in [-0.15, -0.1) is 10.2 Å². The van der Waals surface area contributed by atoms with Gasteiger partial charge in [-0.05, 0) is 19.1 Å². The summed E-state index contributed by atoms with van der Waals surface area (Å²) in [6, 6.07) is 3.33. The topological polar surface area (TPSA) is 30.7 Å². The zero-order valence-corrected chi connectivity index (χ0v) is 10.7. The second-order valence-corrected chi connectivity index (χ2v) is 4.04. The maximum Gasteiger partial charge on any atom is 0.164 e. The number of halogens is 3. The van der Waals surface area contributed by atoms with Crippen molar-refractivity contribution in [3.63, 3.8) is 0 Å². The van der Waals surface area contributed by atoms with Crippen molar-refractivity contribution in [3.05, 3.63) is 35.7 Å². The van der Waals surface area contributed by atoms with Crippen LogP contribution in [-0.4, -0.2) is 14.8 Å². The summed E-state index contributed by atoms with van der Waals surface area (Å²) in [5.41, 5.74) is 0.393. The molecule has 90 valence electrons. The summed E-state index contributed by atoms with van der Waals surface area (Å²) in [5.74, 6) is -0.0374. The van der Waals surface area contributed by atoms with Crippen LogP contribution >= 0.6 is 15.9 Å². The summed E-state index contributed by atoms with van der Waals surface area (Å²) in [4.78, 5) is 0. The first kappa shape index (κ1) is 12.2. The minimum absolute atomic E-state index is 0.393. The van der Waals surface area contributed by atoms with Crippen molar-refractivity contribution < 1.29 is 8.78 Å². The van der Waals surface area contributed by atoms with Crippen LogP contribution in [0, 0.1) is 11.6 Å². The largest absolute Gasteiger partial charge is 0.311 e. The molecule has 0 aliphatic carbocycles. The van der Waals surface area contributed by atoms with E-state index in [9.17, 15) is 8.78 Å². The number of benzene rings is 1. The van der Waals surface area contributed by atoms with Crippen molar-refractivity contribution in [2.24, 2.45) is 0 Å². The minimum Gasteiger partial charge on any atom is -0.311 e. The van der Waals surface area contributed by atoms with E-state index in [1.54, 1.807) is 0 Å².